The topological polar surface area (TPSA) is 89.0 Å². The maximum absolute atomic E-state index is 12.1. The first-order valence-electron chi connectivity index (χ1n) is 6.15. The standard InChI is InChI=1S/C13H16N2O5/c1-13(2,3)20-12(18)15-6-7-19-9-5-4-8(11(16)17)14-10(9)15/h4-5H,6-7H2,1-3H3,(H,16,17). The normalized spacial score (nSPS) is 14.2. The highest BCUT2D eigenvalue weighted by Crippen LogP contribution is 2.30. The first-order valence-corrected chi connectivity index (χ1v) is 6.15. The van der Waals surface area contributed by atoms with Crippen molar-refractivity contribution in [3.63, 3.8) is 0 Å². The van der Waals surface area contributed by atoms with Crippen molar-refractivity contribution in [2.45, 2.75) is 26.4 Å². The van der Waals surface area contributed by atoms with Crippen LogP contribution >= 0.6 is 0 Å². The molecule has 0 saturated carbocycles. The smallest absolute Gasteiger partial charge is 0.416 e. The van der Waals surface area contributed by atoms with Crippen LogP contribution in [0, 0.1) is 0 Å². The number of amides is 1. The van der Waals surface area contributed by atoms with E-state index in [1.165, 1.54) is 17.0 Å². The van der Waals surface area contributed by atoms with Crippen LogP contribution in [0.1, 0.15) is 31.3 Å². The summed E-state index contributed by atoms with van der Waals surface area (Å²) < 4.78 is 10.6. The number of aromatic carboxylic acids is 1. The molecular weight excluding hydrogens is 264 g/mol. The Balaban J connectivity index is 2.33. The highest BCUT2D eigenvalue weighted by atomic mass is 16.6. The van der Waals surface area contributed by atoms with Crippen LogP contribution in [0.3, 0.4) is 0 Å². The Morgan fingerprint density at radius 1 is 1.40 bits per heavy atom. The number of carbonyl (C=O) groups excluding carboxylic acids is 1. The first-order chi connectivity index (χ1) is 9.28. The van der Waals surface area contributed by atoms with Crippen LogP contribution in [0.2, 0.25) is 0 Å². The van der Waals surface area contributed by atoms with E-state index >= 15 is 0 Å². The van der Waals surface area contributed by atoms with Crippen molar-refractivity contribution >= 4 is 17.9 Å². The van der Waals surface area contributed by atoms with Gasteiger partial charge in [-0.15, -0.1) is 0 Å². The van der Waals surface area contributed by atoms with Gasteiger partial charge in [-0.25, -0.2) is 14.6 Å². The van der Waals surface area contributed by atoms with E-state index in [1.807, 2.05) is 0 Å². The van der Waals surface area contributed by atoms with Gasteiger partial charge in [0, 0.05) is 0 Å². The van der Waals surface area contributed by atoms with E-state index < -0.39 is 17.7 Å². The summed E-state index contributed by atoms with van der Waals surface area (Å²) in [6.45, 7) is 5.84. The Labute approximate surface area is 116 Å². The number of fused-ring (bicyclic) bond motifs is 1. The Kier molecular flexibility index (Phi) is 3.52. The van der Waals surface area contributed by atoms with E-state index in [0.29, 0.717) is 12.4 Å². The van der Waals surface area contributed by atoms with E-state index in [9.17, 15) is 9.59 Å². The second kappa shape index (κ2) is 4.99. The highest BCUT2D eigenvalue weighted by molar-refractivity contribution is 5.91. The molecule has 2 rings (SSSR count). The molecule has 0 saturated heterocycles. The monoisotopic (exact) mass is 280 g/mol. The molecule has 1 aliphatic heterocycles. The lowest BCUT2D eigenvalue weighted by molar-refractivity contribution is 0.0563. The third-order valence-electron chi connectivity index (χ3n) is 2.50. The lowest BCUT2D eigenvalue weighted by Gasteiger charge is -2.30. The van der Waals surface area contributed by atoms with Gasteiger partial charge < -0.3 is 14.6 Å². The molecule has 2 heterocycles. The molecule has 1 N–H and O–H groups in total. The molecule has 0 radical (unpaired) electrons. The lowest BCUT2D eigenvalue weighted by Crippen LogP contribution is -2.42. The molecule has 0 fully saturated rings. The molecule has 0 bridgehead atoms. The molecule has 0 spiro atoms. The summed E-state index contributed by atoms with van der Waals surface area (Å²) in [7, 11) is 0. The van der Waals surface area contributed by atoms with Crippen molar-refractivity contribution in [1.29, 1.82) is 0 Å². The fraction of sp³-hybridized carbons (Fsp3) is 0.462. The van der Waals surface area contributed by atoms with Gasteiger partial charge in [-0.3, -0.25) is 4.90 Å². The minimum Gasteiger partial charge on any atom is -0.488 e. The van der Waals surface area contributed by atoms with Gasteiger partial charge in [0.25, 0.3) is 0 Å². The highest BCUT2D eigenvalue weighted by Gasteiger charge is 2.30. The van der Waals surface area contributed by atoms with E-state index in [2.05, 4.69) is 4.98 Å². The van der Waals surface area contributed by atoms with Gasteiger partial charge >= 0.3 is 12.1 Å². The van der Waals surface area contributed by atoms with Gasteiger partial charge in [-0.2, -0.15) is 0 Å². The summed E-state index contributed by atoms with van der Waals surface area (Å²) in [5, 5.41) is 8.96. The number of hydrogen-bond acceptors (Lipinski definition) is 5. The summed E-state index contributed by atoms with van der Waals surface area (Å²) in [5.74, 6) is -0.625. The number of ether oxygens (including phenoxy) is 2. The predicted octanol–water partition coefficient (Wildman–Crippen LogP) is 1.91. The molecule has 1 aromatic rings. The van der Waals surface area contributed by atoms with Crippen LogP contribution in [-0.4, -0.2) is 40.9 Å². The summed E-state index contributed by atoms with van der Waals surface area (Å²) >= 11 is 0. The molecule has 7 heteroatoms. The number of carboxylic acids is 1. The maximum Gasteiger partial charge on any atom is 0.416 e. The Hall–Kier alpha value is -2.31. The molecular formula is C13H16N2O5. The number of carboxylic acid groups (broad SMARTS) is 1. The maximum atomic E-state index is 12.1. The third kappa shape index (κ3) is 2.98. The minimum atomic E-state index is -1.16. The van der Waals surface area contributed by atoms with Crippen molar-refractivity contribution in [2.24, 2.45) is 0 Å². The van der Waals surface area contributed by atoms with Gasteiger partial charge in [-0.05, 0) is 32.9 Å². The van der Waals surface area contributed by atoms with Crippen LogP contribution in [0.4, 0.5) is 10.6 Å². The summed E-state index contributed by atoms with van der Waals surface area (Å²) in [6.07, 6.45) is -0.572. The molecule has 108 valence electrons. The molecule has 0 atom stereocenters. The lowest BCUT2D eigenvalue weighted by atomic mass is 10.2. The summed E-state index contributed by atoms with van der Waals surface area (Å²) in [6, 6.07) is 2.82. The molecule has 1 aliphatic rings. The van der Waals surface area contributed by atoms with E-state index in [1.54, 1.807) is 20.8 Å². The second-order valence-electron chi connectivity index (χ2n) is 5.30. The summed E-state index contributed by atoms with van der Waals surface area (Å²) in [4.78, 5) is 28.3. The largest absolute Gasteiger partial charge is 0.488 e. The Morgan fingerprint density at radius 3 is 2.70 bits per heavy atom. The van der Waals surface area contributed by atoms with Crippen LogP contribution in [0.25, 0.3) is 0 Å². The number of pyridine rings is 1. The first kappa shape index (κ1) is 14.1. The van der Waals surface area contributed by atoms with Gasteiger partial charge in [0.15, 0.2) is 17.3 Å². The predicted molar refractivity (Wildman–Crippen MR) is 70.3 cm³/mol. The fourth-order valence-corrected chi connectivity index (χ4v) is 1.71. The number of rotatable bonds is 1. The average molecular weight is 280 g/mol. The number of nitrogens with zero attached hydrogens (tertiary/aromatic N) is 2. The Bertz CT molecular complexity index is 550. The summed E-state index contributed by atoms with van der Waals surface area (Å²) in [5.41, 5.74) is -0.789. The molecule has 0 unspecified atom stereocenters. The average Bonchev–Trinajstić information content (AvgIpc) is 2.35. The zero-order chi connectivity index (χ0) is 14.9. The molecule has 7 nitrogen and oxygen atoms in total. The number of carbonyl (C=O) groups is 2. The van der Waals surface area contributed by atoms with Crippen molar-refractivity contribution in [1.82, 2.24) is 4.98 Å². The Morgan fingerprint density at radius 2 is 2.10 bits per heavy atom. The van der Waals surface area contributed by atoms with Crippen molar-refractivity contribution in [3.05, 3.63) is 17.8 Å². The van der Waals surface area contributed by atoms with E-state index in [4.69, 9.17) is 14.6 Å². The number of anilines is 1. The van der Waals surface area contributed by atoms with Gasteiger partial charge in [0.2, 0.25) is 0 Å². The van der Waals surface area contributed by atoms with Crippen LogP contribution in [-0.2, 0) is 4.74 Å². The molecule has 0 aromatic carbocycles. The van der Waals surface area contributed by atoms with Gasteiger partial charge in [0.05, 0.1) is 6.54 Å². The van der Waals surface area contributed by atoms with E-state index in [0.717, 1.165) is 0 Å². The van der Waals surface area contributed by atoms with Crippen LogP contribution in [0.15, 0.2) is 12.1 Å². The van der Waals surface area contributed by atoms with E-state index in [-0.39, 0.29) is 18.1 Å². The zero-order valence-electron chi connectivity index (χ0n) is 11.5. The van der Waals surface area contributed by atoms with Crippen molar-refractivity contribution < 1.29 is 24.2 Å². The second-order valence-corrected chi connectivity index (χ2v) is 5.30. The number of hydrogen-bond donors (Lipinski definition) is 1. The minimum absolute atomic E-state index is 0.150. The van der Waals surface area contributed by atoms with Crippen LogP contribution < -0.4 is 9.64 Å². The molecule has 1 aromatic heterocycles. The van der Waals surface area contributed by atoms with Crippen molar-refractivity contribution in [2.75, 3.05) is 18.1 Å². The van der Waals surface area contributed by atoms with Gasteiger partial charge in [0.1, 0.15) is 12.2 Å². The third-order valence-corrected chi connectivity index (χ3v) is 2.50. The zero-order valence-corrected chi connectivity index (χ0v) is 11.5. The van der Waals surface area contributed by atoms with Crippen molar-refractivity contribution in [3.8, 4) is 5.75 Å². The van der Waals surface area contributed by atoms with Crippen LogP contribution in [0.5, 0.6) is 5.75 Å². The van der Waals surface area contributed by atoms with Gasteiger partial charge in [-0.1, -0.05) is 0 Å². The molecule has 20 heavy (non-hydrogen) atoms. The SMILES string of the molecule is CC(C)(C)OC(=O)N1CCOc2ccc(C(=O)O)nc21. The number of aromatic nitrogens is 1. The fourth-order valence-electron chi connectivity index (χ4n) is 1.71. The molecule has 0 aliphatic carbocycles. The molecule has 1 amide bonds. The quantitative estimate of drug-likeness (QED) is 0.845.